The molecule has 0 spiro atoms. The van der Waals surface area contributed by atoms with E-state index >= 15 is 0 Å². The molecule has 0 aliphatic rings. The van der Waals surface area contributed by atoms with Crippen LogP contribution in [0.25, 0.3) is 0 Å². The molecule has 0 aliphatic carbocycles. The fraction of sp³-hybridized carbons (Fsp3) is 0.800. The molecule has 0 rings (SSSR count). The summed E-state index contributed by atoms with van der Waals surface area (Å²) in [6, 6.07) is 0. The zero-order valence-corrected chi connectivity index (χ0v) is 7.52. The molecule has 0 aromatic heterocycles. The summed E-state index contributed by atoms with van der Waals surface area (Å²) in [5.41, 5.74) is 0. The van der Waals surface area contributed by atoms with E-state index in [1.54, 1.807) is 0 Å². The third-order valence-corrected chi connectivity index (χ3v) is 2.23. The van der Waals surface area contributed by atoms with Crippen molar-refractivity contribution in [2.45, 2.75) is 34.1 Å². The number of hydrogen-bond donors (Lipinski definition) is 0. The molecule has 0 aliphatic heterocycles. The van der Waals surface area contributed by atoms with Crippen LogP contribution >= 0.6 is 0 Å². The number of hydrogen-bond acceptors (Lipinski definition) is 0. The van der Waals surface area contributed by atoms with Gasteiger partial charge in [-0.2, -0.15) is 0 Å². The predicted molar refractivity (Wildman–Crippen MR) is 46.6 cm³/mol. The Labute approximate surface area is 65.0 Å². The van der Waals surface area contributed by atoms with Crippen molar-refractivity contribution in [3.63, 3.8) is 0 Å². The Kier molecular flexibility index (Phi) is 4.19. The lowest BCUT2D eigenvalue weighted by molar-refractivity contribution is 0.310. The molecule has 2 atom stereocenters. The van der Waals surface area contributed by atoms with Crippen molar-refractivity contribution in [3.05, 3.63) is 0 Å². The standard InChI is InChI=1S/C10H18/c1-6-9(5)10(7-2)8(3)4/h1,8-10H,7H2,2-5H3. The van der Waals surface area contributed by atoms with Gasteiger partial charge in [0.2, 0.25) is 0 Å². The summed E-state index contributed by atoms with van der Waals surface area (Å²) in [6.07, 6.45) is 6.53. The fourth-order valence-corrected chi connectivity index (χ4v) is 1.53. The zero-order valence-electron chi connectivity index (χ0n) is 7.52. The summed E-state index contributed by atoms with van der Waals surface area (Å²) in [5, 5.41) is 0. The van der Waals surface area contributed by atoms with Crippen molar-refractivity contribution < 1.29 is 0 Å². The van der Waals surface area contributed by atoms with Gasteiger partial charge in [-0.15, -0.1) is 12.3 Å². The Morgan fingerprint density at radius 3 is 1.90 bits per heavy atom. The molecule has 0 heterocycles. The second-order valence-corrected chi connectivity index (χ2v) is 3.27. The van der Waals surface area contributed by atoms with E-state index in [4.69, 9.17) is 6.42 Å². The van der Waals surface area contributed by atoms with Crippen molar-refractivity contribution in [2.24, 2.45) is 17.8 Å². The Balaban J connectivity index is 3.96. The van der Waals surface area contributed by atoms with Gasteiger partial charge < -0.3 is 0 Å². The van der Waals surface area contributed by atoms with Crippen LogP contribution < -0.4 is 0 Å². The monoisotopic (exact) mass is 138 g/mol. The third-order valence-electron chi connectivity index (χ3n) is 2.23. The Morgan fingerprint density at radius 1 is 1.30 bits per heavy atom. The van der Waals surface area contributed by atoms with Crippen molar-refractivity contribution in [2.75, 3.05) is 0 Å². The van der Waals surface area contributed by atoms with E-state index in [9.17, 15) is 0 Å². The van der Waals surface area contributed by atoms with Gasteiger partial charge in [0.05, 0.1) is 0 Å². The highest BCUT2D eigenvalue weighted by molar-refractivity contribution is 4.94. The quantitative estimate of drug-likeness (QED) is 0.526. The van der Waals surface area contributed by atoms with Gasteiger partial charge >= 0.3 is 0 Å². The molecule has 0 fully saturated rings. The Morgan fingerprint density at radius 2 is 1.80 bits per heavy atom. The van der Waals surface area contributed by atoms with Gasteiger partial charge in [-0.05, 0) is 11.8 Å². The van der Waals surface area contributed by atoms with E-state index < -0.39 is 0 Å². The highest BCUT2D eigenvalue weighted by atomic mass is 14.2. The molecule has 0 saturated carbocycles. The molecule has 0 radical (unpaired) electrons. The SMILES string of the molecule is C#CC(C)C(CC)C(C)C. The average Bonchev–Trinajstić information content (AvgIpc) is 1.88. The molecule has 0 amide bonds. The van der Waals surface area contributed by atoms with Gasteiger partial charge in [-0.25, -0.2) is 0 Å². The lowest BCUT2D eigenvalue weighted by atomic mass is 9.83. The summed E-state index contributed by atoms with van der Waals surface area (Å²) in [4.78, 5) is 0. The maximum absolute atomic E-state index is 5.34. The molecule has 10 heavy (non-hydrogen) atoms. The van der Waals surface area contributed by atoms with Crippen LogP contribution in [0.4, 0.5) is 0 Å². The van der Waals surface area contributed by atoms with Crippen molar-refractivity contribution >= 4 is 0 Å². The average molecular weight is 138 g/mol. The van der Waals surface area contributed by atoms with Crippen LogP contribution in [0.3, 0.4) is 0 Å². The first-order valence-electron chi connectivity index (χ1n) is 4.09. The van der Waals surface area contributed by atoms with Gasteiger partial charge in [0.15, 0.2) is 0 Å². The van der Waals surface area contributed by atoms with Crippen LogP contribution in [0.5, 0.6) is 0 Å². The van der Waals surface area contributed by atoms with Gasteiger partial charge in [-0.1, -0.05) is 34.1 Å². The molecule has 0 nitrogen and oxygen atoms in total. The van der Waals surface area contributed by atoms with Gasteiger partial charge in [0.1, 0.15) is 0 Å². The fourth-order valence-electron chi connectivity index (χ4n) is 1.53. The topological polar surface area (TPSA) is 0 Å². The van der Waals surface area contributed by atoms with E-state index in [-0.39, 0.29) is 0 Å². The van der Waals surface area contributed by atoms with Crippen LogP contribution in [0, 0.1) is 30.1 Å². The van der Waals surface area contributed by atoms with E-state index in [2.05, 4.69) is 33.6 Å². The zero-order chi connectivity index (χ0) is 8.15. The van der Waals surface area contributed by atoms with Gasteiger partial charge in [0, 0.05) is 5.92 Å². The minimum atomic E-state index is 0.435. The van der Waals surface area contributed by atoms with Gasteiger partial charge in [-0.3, -0.25) is 0 Å². The first kappa shape index (κ1) is 9.56. The van der Waals surface area contributed by atoms with Crippen LogP contribution in [-0.2, 0) is 0 Å². The van der Waals surface area contributed by atoms with E-state index in [0.29, 0.717) is 11.8 Å². The van der Waals surface area contributed by atoms with Crippen LogP contribution in [-0.4, -0.2) is 0 Å². The minimum absolute atomic E-state index is 0.435. The van der Waals surface area contributed by atoms with E-state index in [1.807, 2.05) is 0 Å². The van der Waals surface area contributed by atoms with Gasteiger partial charge in [0.25, 0.3) is 0 Å². The largest absolute Gasteiger partial charge is 0.120 e. The third kappa shape index (κ3) is 2.43. The second kappa shape index (κ2) is 4.39. The Bertz CT molecular complexity index is 116. The van der Waals surface area contributed by atoms with Crippen LogP contribution in [0.2, 0.25) is 0 Å². The molecule has 0 N–H and O–H groups in total. The molecule has 58 valence electrons. The summed E-state index contributed by atoms with van der Waals surface area (Å²) in [5.74, 6) is 4.65. The number of rotatable bonds is 3. The summed E-state index contributed by atoms with van der Waals surface area (Å²) < 4.78 is 0. The number of terminal acetylenes is 1. The maximum atomic E-state index is 5.34. The molecule has 0 aromatic rings. The predicted octanol–water partition coefficient (Wildman–Crippen LogP) is 2.94. The summed E-state index contributed by atoms with van der Waals surface area (Å²) >= 11 is 0. The molecule has 0 heteroatoms. The first-order chi connectivity index (χ1) is 4.63. The van der Waals surface area contributed by atoms with Crippen molar-refractivity contribution in [1.29, 1.82) is 0 Å². The molecule has 0 bridgehead atoms. The lowest BCUT2D eigenvalue weighted by Crippen LogP contribution is -2.15. The molecular formula is C10H18. The van der Waals surface area contributed by atoms with E-state index in [1.165, 1.54) is 6.42 Å². The highest BCUT2D eigenvalue weighted by Gasteiger charge is 2.16. The summed E-state index contributed by atoms with van der Waals surface area (Å²) in [7, 11) is 0. The molecular weight excluding hydrogens is 120 g/mol. The lowest BCUT2D eigenvalue weighted by Gasteiger charge is -2.21. The van der Waals surface area contributed by atoms with Crippen LogP contribution in [0.1, 0.15) is 34.1 Å². The van der Waals surface area contributed by atoms with Crippen molar-refractivity contribution in [3.8, 4) is 12.3 Å². The Hall–Kier alpha value is -0.440. The van der Waals surface area contributed by atoms with E-state index in [0.717, 1.165) is 5.92 Å². The normalized spacial score (nSPS) is 16.4. The molecule has 2 unspecified atom stereocenters. The molecule has 0 aromatic carbocycles. The second-order valence-electron chi connectivity index (χ2n) is 3.27. The molecule has 0 saturated heterocycles. The first-order valence-corrected chi connectivity index (χ1v) is 4.09. The highest BCUT2D eigenvalue weighted by Crippen LogP contribution is 2.22. The summed E-state index contributed by atoms with van der Waals surface area (Å²) in [6.45, 7) is 8.82. The van der Waals surface area contributed by atoms with Crippen LogP contribution in [0.15, 0.2) is 0 Å². The van der Waals surface area contributed by atoms with Crippen molar-refractivity contribution in [1.82, 2.24) is 0 Å². The maximum Gasteiger partial charge on any atom is 0.0202 e. The smallest absolute Gasteiger partial charge is 0.0202 e. The minimum Gasteiger partial charge on any atom is -0.120 e.